The molecule has 1 aliphatic rings. The van der Waals surface area contributed by atoms with Crippen molar-refractivity contribution in [2.75, 3.05) is 18.4 Å². The Morgan fingerprint density at radius 2 is 1.76 bits per heavy atom. The lowest BCUT2D eigenvalue weighted by Gasteiger charge is -2.28. The summed E-state index contributed by atoms with van der Waals surface area (Å²) >= 11 is 0. The molecule has 0 unspecified atom stereocenters. The molecule has 2 amide bonds. The smallest absolute Gasteiger partial charge is 0.253 e. The quantitative estimate of drug-likeness (QED) is 0.679. The molecule has 0 atom stereocenters. The van der Waals surface area contributed by atoms with Crippen LogP contribution >= 0.6 is 0 Å². The van der Waals surface area contributed by atoms with Gasteiger partial charge in [-0.3, -0.25) is 14.5 Å². The number of carbonyl (C=O) groups excluding carboxylic acids is 2. The van der Waals surface area contributed by atoms with Gasteiger partial charge in [-0.05, 0) is 41.8 Å². The lowest BCUT2D eigenvalue weighted by Crippen LogP contribution is -2.37. The van der Waals surface area contributed by atoms with Crippen LogP contribution in [0.3, 0.4) is 0 Å². The zero-order chi connectivity index (χ0) is 20.1. The first-order valence-corrected chi connectivity index (χ1v) is 9.67. The Kier molecular flexibility index (Phi) is 5.72. The molecule has 1 aromatic heterocycles. The van der Waals surface area contributed by atoms with Gasteiger partial charge in [-0.15, -0.1) is 0 Å². The number of furan rings is 1. The summed E-state index contributed by atoms with van der Waals surface area (Å²) in [7, 11) is 0. The molecule has 4 rings (SSSR count). The number of hydrogen-bond acceptors (Lipinski definition) is 4. The van der Waals surface area contributed by atoms with Crippen LogP contribution in [0.2, 0.25) is 0 Å². The van der Waals surface area contributed by atoms with Crippen LogP contribution in [0.15, 0.2) is 71.3 Å². The minimum absolute atomic E-state index is 0.129. The molecule has 6 heteroatoms. The van der Waals surface area contributed by atoms with Crippen molar-refractivity contribution in [1.29, 1.82) is 0 Å². The maximum absolute atomic E-state index is 12.6. The zero-order valence-corrected chi connectivity index (χ0v) is 16.1. The van der Waals surface area contributed by atoms with E-state index in [1.165, 1.54) is 11.1 Å². The number of rotatable bonds is 6. The topological polar surface area (TPSA) is 74.6 Å². The summed E-state index contributed by atoms with van der Waals surface area (Å²) < 4.78 is 5.23. The van der Waals surface area contributed by atoms with Gasteiger partial charge in [0.2, 0.25) is 5.91 Å². The van der Waals surface area contributed by atoms with E-state index in [0.29, 0.717) is 23.6 Å². The SMILES string of the molecule is O=C(CN1CCc2ccccc2C1)Nc1ccccc1C(=O)NCc1ccco1. The van der Waals surface area contributed by atoms with Crippen molar-refractivity contribution in [2.24, 2.45) is 0 Å². The van der Waals surface area contributed by atoms with E-state index < -0.39 is 0 Å². The Balaban J connectivity index is 1.37. The summed E-state index contributed by atoms with van der Waals surface area (Å²) in [5, 5.41) is 5.70. The fourth-order valence-electron chi connectivity index (χ4n) is 3.55. The highest BCUT2D eigenvalue weighted by atomic mass is 16.3. The molecule has 148 valence electrons. The van der Waals surface area contributed by atoms with Crippen molar-refractivity contribution in [1.82, 2.24) is 10.2 Å². The molecule has 0 bridgehead atoms. The Morgan fingerprint density at radius 1 is 0.966 bits per heavy atom. The van der Waals surface area contributed by atoms with E-state index in [1.54, 1.807) is 42.7 Å². The predicted molar refractivity (Wildman–Crippen MR) is 110 cm³/mol. The van der Waals surface area contributed by atoms with Gasteiger partial charge < -0.3 is 15.1 Å². The molecule has 0 saturated heterocycles. The van der Waals surface area contributed by atoms with Crippen molar-refractivity contribution in [3.63, 3.8) is 0 Å². The van der Waals surface area contributed by atoms with Crippen molar-refractivity contribution < 1.29 is 14.0 Å². The van der Waals surface area contributed by atoms with Crippen LogP contribution in [0.25, 0.3) is 0 Å². The van der Waals surface area contributed by atoms with Crippen LogP contribution in [0.1, 0.15) is 27.2 Å². The number of para-hydroxylation sites is 1. The second-order valence-electron chi connectivity index (χ2n) is 7.09. The van der Waals surface area contributed by atoms with Crippen LogP contribution in [0, 0.1) is 0 Å². The Bertz CT molecular complexity index is 998. The van der Waals surface area contributed by atoms with Gasteiger partial charge in [0, 0.05) is 13.1 Å². The maximum Gasteiger partial charge on any atom is 0.253 e. The minimum atomic E-state index is -0.260. The van der Waals surface area contributed by atoms with E-state index in [0.717, 1.165) is 19.5 Å². The summed E-state index contributed by atoms with van der Waals surface area (Å²) in [6.45, 7) is 2.18. The maximum atomic E-state index is 12.6. The van der Waals surface area contributed by atoms with E-state index in [1.807, 2.05) is 6.07 Å². The van der Waals surface area contributed by atoms with Crippen molar-refractivity contribution in [2.45, 2.75) is 19.5 Å². The molecule has 3 aromatic rings. The molecular formula is C23H23N3O3. The summed E-state index contributed by atoms with van der Waals surface area (Å²) in [6, 6.07) is 18.9. The van der Waals surface area contributed by atoms with E-state index in [4.69, 9.17) is 4.42 Å². The van der Waals surface area contributed by atoms with Gasteiger partial charge in [0.05, 0.1) is 30.6 Å². The first-order valence-electron chi connectivity index (χ1n) is 9.67. The molecule has 0 fully saturated rings. The molecule has 0 radical (unpaired) electrons. The first-order chi connectivity index (χ1) is 14.2. The van der Waals surface area contributed by atoms with Crippen molar-refractivity contribution >= 4 is 17.5 Å². The summed E-state index contributed by atoms with van der Waals surface area (Å²) in [4.78, 5) is 27.3. The average Bonchev–Trinajstić information content (AvgIpc) is 3.26. The van der Waals surface area contributed by atoms with E-state index in [2.05, 4.69) is 33.7 Å². The molecule has 2 heterocycles. The van der Waals surface area contributed by atoms with E-state index in [9.17, 15) is 9.59 Å². The Labute approximate surface area is 169 Å². The lowest BCUT2D eigenvalue weighted by atomic mass is 10.00. The van der Waals surface area contributed by atoms with Crippen LogP contribution < -0.4 is 10.6 Å². The van der Waals surface area contributed by atoms with Crippen molar-refractivity contribution in [3.05, 3.63) is 89.4 Å². The van der Waals surface area contributed by atoms with Crippen LogP contribution in [0.5, 0.6) is 0 Å². The highest BCUT2D eigenvalue weighted by molar-refractivity contribution is 6.04. The number of nitrogens with one attached hydrogen (secondary N) is 2. The van der Waals surface area contributed by atoms with E-state index >= 15 is 0 Å². The third kappa shape index (κ3) is 4.73. The Morgan fingerprint density at radius 3 is 2.59 bits per heavy atom. The van der Waals surface area contributed by atoms with Crippen LogP contribution in [-0.4, -0.2) is 29.8 Å². The van der Waals surface area contributed by atoms with Gasteiger partial charge in [-0.25, -0.2) is 0 Å². The number of carbonyl (C=O) groups is 2. The lowest BCUT2D eigenvalue weighted by molar-refractivity contribution is -0.117. The molecule has 1 aliphatic heterocycles. The van der Waals surface area contributed by atoms with Gasteiger partial charge in [-0.2, -0.15) is 0 Å². The number of amides is 2. The second-order valence-corrected chi connectivity index (χ2v) is 7.09. The van der Waals surface area contributed by atoms with Crippen LogP contribution in [0.4, 0.5) is 5.69 Å². The second kappa shape index (κ2) is 8.75. The molecule has 0 aliphatic carbocycles. The molecule has 29 heavy (non-hydrogen) atoms. The number of hydrogen-bond donors (Lipinski definition) is 2. The third-order valence-corrected chi connectivity index (χ3v) is 5.03. The number of fused-ring (bicyclic) bond motifs is 1. The summed E-state index contributed by atoms with van der Waals surface area (Å²) in [6.07, 6.45) is 2.50. The molecule has 0 spiro atoms. The normalized spacial score (nSPS) is 13.5. The van der Waals surface area contributed by atoms with Crippen LogP contribution in [-0.2, 0) is 24.3 Å². The van der Waals surface area contributed by atoms with Crippen molar-refractivity contribution in [3.8, 4) is 0 Å². The molecule has 2 aromatic carbocycles. The van der Waals surface area contributed by atoms with Gasteiger partial charge in [0.25, 0.3) is 5.91 Å². The number of benzene rings is 2. The monoisotopic (exact) mass is 389 g/mol. The predicted octanol–water partition coefficient (Wildman–Crippen LogP) is 3.21. The van der Waals surface area contributed by atoms with E-state index in [-0.39, 0.29) is 18.4 Å². The number of nitrogens with zero attached hydrogens (tertiary/aromatic N) is 1. The summed E-state index contributed by atoms with van der Waals surface area (Å²) in [5.74, 6) is 0.283. The molecular weight excluding hydrogens is 366 g/mol. The van der Waals surface area contributed by atoms with Gasteiger partial charge in [0.15, 0.2) is 0 Å². The molecule has 2 N–H and O–H groups in total. The fraction of sp³-hybridized carbons (Fsp3) is 0.217. The number of anilines is 1. The van der Waals surface area contributed by atoms with Gasteiger partial charge >= 0.3 is 0 Å². The largest absolute Gasteiger partial charge is 0.467 e. The molecule has 6 nitrogen and oxygen atoms in total. The third-order valence-electron chi connectivity index (χ3n) is 5.03. The Hall–Kier alpha value is -3.38. The molecule has 0 saturated carbocycles. The van der Waals surface area contributed by atoms with Gasteiger partial charge in [-0.1, -0.05) is 36.4 Å². The fourth-order valence-corrected chi connectivity index (χ4v) is 3.55. The highest BCUT2D eigenvalue weighted by Crippen LogP contribution is 2.19. The first kappa shape index (κ1) is 19.0. The van der Waals surface area contributed by atoms with Gasteiger partial charge in [0.1, 0.15) is 5.76 Å². The minimum Gasteiger partial charge on any atom is -0.467 e. The summed E-state index contributed by atoms with van der Waals surface area (Å²) in [5.41, 5.74) is 3.55. The highest BCUT2D eigenvalue weighted by Gasteiger charge is 2.19. The average molecular weight is 389 g/mol. The zero-order valence-electron chi connectivity index (χ0n) is 16.1. The standard InChI is InChI=1S/C23H23N3O3/c27-22(16-26-12-11-17-6-1-2-7-18(17)15-26)25-21-10-4-3-9-20(21)23(28)24-14-19-8-5-13-29-19/h1-10,13H,11-12,14-16H2,(H,24,28)(H,25,27).